The lowest BCUT2D eigenvalue weighted by molar-refractivity contribution is 0.178. The highest BCUT2D eigenvalue weighted by atomic mass is 79.9. The Morgan fingerprint density at radius 2 is 2.27 bits per heavy atom. The Balaban J connectivity index is 3.07. The van der Waals surface area contributed by atoms with E-state index < -0.39 is 11.9 Å². The summed E-state index contributed by atoms with van der Waals surface area (Å²) in [6.45, 7) is 0.251. The van der Waals surface area contributed by atoms with Crippen molar-refractivity contribution in [1.82, 2.24) is 0 Å². The standard InChI is InChI=1S/C10H13BrFNO2/c1-15-5-7-8(11)2-6(3-9(7)12)10(14)4-13/h2-3,10,14H,4-5,13H2,1H3. The van der Waals surface area contributed by atoms with Gasteiger partial charge in [-0.15, -0.1) is 0 Å². The third-order valence-electron chi connectivity index (χ3n) is 2.06. The van der Waals surface area contributed by atoms with Crippen LogP contribution in [0.2, 0.25) is 0 Å². The van der Waals surface area contributed by atoms with E-state index in [-0.39, 0.29) is 13.2 Å². The van der Waals surface area contributed by atoms with Gasteiger partial charge in [0.1, 0.15) is 5.82 Å². The van der Waals surface area contributed by atoms with Gasteiger partial charge in [-0.2, -0.15) is 0 Å². The highest BCUT2D eigenvalue weighted by molar-refractivity contribution is 9.10. The van der Waals surface area contributed by atoms with Crippen LogP contribution in [0.3, 0.4) is 0 Å². The minimum atomic E-state index is -0.840. The molecule has 1 aromatic carbocycles. The lowest BCUT2D eigenvalue weighted by Crippen LogP contribution is -2.12. The van der Waals surface area contributed by atoms with E-state index in [9.17, 15) is 9.50 Å². The van der Waals surface area contributed by atoms with E-state index in [1.807, 2.05) is 0 Å². The maximum atomic E-state index is 13.5. The zero-order valence-corrected chi connectivity index (χ0v) is 9.92. The molecular formula is C10H13BrFNO2. The third kappa shape index (κ3) is 2.98. The normalized spacial score (nSPS) is 12.9. The van der Waals surface area contributed by atoms with Gasteiger partial charge in [-0.1, -0.05) is 15.9 Å². The zero-order valence-electron chi connectivity index (χ0n) is 8.34. The van der Waals surface area contributed by atoms with Gasteiger partial charge in [-0.05, 0) is 17.7 Å². The van der Waals surface area contributed by atoms with Crippen molar-refractivity contribution in [2.75, 3.05) is 13.7 Å². The van der Waals surface area contributed by atoms with Crippen LogP contribution in [0.4, 0.5) is 4.39 Å². The molecule has 0 radical (unpaired) electrons. The van der Waals surface area contributed by atoms with Gasteiger partial charge < -0.3 is 15.6 Å². The molecule has 1 unspecified atom stereocenters. The van der Waals surface area contributed by atoms with Crippen molar-refractivity contribution in [3.63, 3.8) is 0 Å². The molecule has 0 saturated carbocycles. The topological polar surface area (TPSA) is 55.5 Å². The minimum absolute atomic E-state index is 0.0650. The summed E-state index contributed by atoms with van der Waals surface area (Å²) in [5.41, 5.74) is 6.18. The van der Waals surface area contributed by atoms with Crippen LogP contribution in [0.1, 0.15) is 17.2 Å². The van der Waals surface area contributed by atoms with Crippen LogP contribution in [0, 0.1) is 5.82 Å². The van der Waals surface area contributed by atoms with Crippen molar-refractivity contribution in [2.45, 2.75) is 12.7 Å². The molecule has 15 heavy (non-hydrogen) atoms. The molecule has 0 fully saturated rings. The van der Waals surface area contributed by atoms with Crippen molar-refractivity contribution < 1.29 is 14.2 Å². The molecule has 0 heterocycles. The molecule has 0 aliphatic carbocycles. The Labute approximate surface area is 96.2 Å². The average molecular weight is 278 g/mol. The van der Waals surface area contributed by atoms with E-state index in [4.69, 9.17) is 10.5 Å². The molecule has 1 atom stereocenters. The van der Waals surface area contributed by atoms with Crippen molar-refractivity contribution in [1.29, 1.82) is 0 Å². The number of ether oxygens (including phenoxy) is 1. The highest BCUT2D eigenvalue weighted by Crippen LogP contribution is 2.25. The monoisotopic (exact) mass is 277 g/mol. The van der Waals surface area contributed by atoms with Crippen LogP contribution in [0.15, 0.2) is 16.6 Å². The summed E-state index contributed by atoms with van der Waals surface area (Å²) in [7, 11) is 1.49. The Morgan fingerprint density at radius 1 is 1.60 bits per heavy atom. The van der Waals surface area contributed by atoms with Crippen molar-refractivity contribution in [3.05, 3.63) is 33.5 Å². The van der Waals surface area contributed by atoms with Crippen molar-refractivity contribution in [3.8, 4) is 0 Å². The second-order valence-corrected chi connectivity index (χ2v) is 4.00. The first-order valence-electron chi connectivity index (χ1n) is 4.45. The number of methoxy groups -OCH3 is 1. The second-order valence-electron chi connectivity index (χ2n) is 3.15. The van der Waals surface area contributed by atoms with Gasteiger partial charge >= 0.3 is 0 Å². The van der Waals surface area contributed by atoms with Gasteiger partial charge in [-0.25, -0.2) is 4.39 Å². The molecule has 0 saturated heterocycles. The Bertz CT molecular complexity index is 323. The van der Waals surface area contributed by atoms with E-state index in [0.29, 0.717) is 15.6 Å². The number of aliphatic hydroxyl groups excluding tert-OH is 1. The summed E-state index contributed by atoms with van der Waals surface area (Å²) in [6, 6.07) is 2.92. The highest BCUT2D eigenvalue weighted by Gasteiger charge is 2.13. The molecule has 0 aromatic heterocycles. The van der Waals surface area contributed by atoms with E-state index in [1.54, 1.807) is 6.07 Å². The lowest BCUT2D eigenvalue weighted by Gasteiger charge is -2.12. The second kappa shape index (κ2) is 5.55. The molecule has 0 bridgehead atoms. The van der Waals surface area contributed by atoms with Crippen LogP contribution >= 0.6 is 15.9 Å². The molecule has 3 nitrogen and oxygen atoms in total. The average Bonchev–Trinajstić information content (AvgIpc) is 2.22. The molecule has 0 amide bonds. The molecular weight excluding hydrogens is 265 g/mol. The molecule has 1 aromatic rings. The van der Waals surface area contributed by atoms with Crippen LogP contribution in [-0.2, 0) is 11.3 Å². The molecule has 0 aliphatic rings. The minimum Gasteiger partial charge on any atom is -0.387 e. The largest absolute Gasteiger partial charge is 0.387 e. The van der Waals surface area contributed by atoms with E-state index in [0.717, 1.165) is 0 Å². The fourth-order valence-electron chi connectivity index (χ4n) is 1.23. The van der Waals surface area contributed by atoms with E-state index >= 15 is 0 Å². The molecule has 1 rings (SSSR count). The summed E-state index contributed by atoms with van der Waals surface area (Å²) >= 11 is 3.22. The van der Waals surface area contributed by atoms with E-state index in [2.05, 4.69) is 15.9 Å². The maximum absolute atomic E-state index is 13.5. The predicted octanol–water partition coefficient (Wildman–Crippen LogP) is 1.73. The van der Waals surface area contributed by atoms with Crippen LogP contribution in [0.5, 0.6) is 0 Å². The van der Waals surface area contributed by atoms with Gasteiger partial charge in [0.05, 0.1) is 12.7 Å². The van der Waals surface area contributed by atoms with Crippen molar-refractivity contribution >= 4 is 15.9 Å². The fourth-order valence-corrected chi connectivity index (χ4v) is 1.80. The van der Waals surface area contributed by atoms with E-state index in [1.165, 1.54) is 13.2 Å². The number of aliphatic hydroxyl groups is 1. The SMILES string of the molecule is COCc1c(F)cc(C(O)CN)cc1Br. The van der Waals surface area contributed by atoms with Gasteiger partial charge in [-0.3, -0.25) is 0 Å². The summed E-state index contributed by atoms with van der Waals surface area (Å²) in [6.07, 6.45) is -0.840. The number of halogens is 2. The van der Waals surface area contributed by atoms with Crippen LogP contribution < -0.4 is 5.73 Å². The molecule has 5 heteroatoms. The van der Waals surface area contributed by atoms with Crippen LogP contribution in [0.25, 0.3) is 0 Å². The summed E-state index contributed by atoms with van der Waals surface area (Å²) in [4.78, 5) is 0. The molecule has 0 spiro atoms. The lowest BCUT2D eigenvalue weighted by atomic mass is 10.1. The first-order valence-corrected chi connectivity index (χ1v) is 5.24. The van der Waals surface area contributed by atoms with Crippen LogP contribution in [-0.4, -0.2) is 18.8 Å². The maximum Gasteiger partial charge on any atom is 0.130 e. The number of hydrogen-bond donors (Lipinski definition) is 2. The summed E-state index contributed by atoms with van der Waals surface area (Å²) < 4.78 is 19.0. The van der Waals surface area contributed by atoms with Gasteiger partial charge in [0, 0.05) is 23.7 Å². The predicted molar refractivity (Wildman–Crippen MR) is 58.8 cm³/mol. The number of rotatable bonds is 4. The fraction of sp³-hybridized carbons (Fsp3) is 0.400. The Morgan fingerprint density at radius 3 is 2.73 bits per heavy atom. The summed E-state index contributed by atoms with van der Waals surface area (Å²) in [5, 5.41) is 9.46. The molecule has 0 aliphatic heterocycles. The molecule has 3 N–H and O–H groups in total. The van der Waals surface area contributed by atoms with Gasteiger partial charge in [0.2, 0.25) is 0 Å². The molecule has 84 valence electrons. The third-order valence-corrected chi connectivity index (χ3v) is 2.77. The number of benzene rings is 1. The van der Waals surface area contributed by atoms with Gasteiger partial charge in [0.25, 0.3) is 0 Å². The Hall–Kier alpha value is -0.490. The quantitative estimate of drug-likeness (QED) is 0.881. The number of nitrogens with two attached hydrogens (primary N) is 1. The smallest absolute Gasteiger partial charge is 0.130 e. The summed E-state index contributed by atoms with van der Waals surface area (Å²) in [5.74, 6) is -0.409. The number of hydrogen-bond acceptors (Lipinski definition) is 3. The zero-order chi connectivity index (χ0) is 11.4. The first kappa shape index (κ1) is 12.6. The van der Waals surface area contributed by atoms with Gasteiger partial charge in [0.15, 0.2) is 0 Å². The Kier molecular flexibility index (Phi) is 4.66. The first-order chi connectivity index (χ1) is 7.10. The van der Waals surface area contributed by atoms with Crippen molar-refractivity contribution in [2.24, 2.45) is 5.73 Å².